The second kappa shape index (κ2) is 10.6. The van der Waals surface area contributed by atoms with Crippen LogP contribution in [0.3, 0.4) is 0 Å². The fraction of sp³-hybridized carbons (Fsp3) is 0.478. The second-order valence-electron chi connectivity index (χ2n) is 8.63. The Balaban J connectivity index is 1.79. The van der Waals surface area contributed by atoms with Crippen molar-refractivity contribution in [3.8, 4) is 5.88 Å². The predicted molar refractivity (Wildman–Crippen MR) is 126 cm³/mol. The van der Waals surface area contributed by atoms with E-state index in [1.54, 1.807) is 0 Å². The highest BCUT2D eigenvalue weighted by Crippen LogP contribution is 2.34. The molecule has 3 rings (SSSR count). The van der Waals surface area contributed by atoms with Gasteiger partial charge in [0.05, 0.1) is 11.6 Å². The molecule has 0 saturated heterocycles. The van der Waals surface area contributed by atoms with Crippen molar-refractivity contribution in [2.45, 2.75) is 67.9 Å². The van der Waals surface area contributed by atoms with E-state index in [2.05, 4.69) is 10.3 Å². The fourth-order valence-electron chi connectivity index (χ4n) is 3.93. The van der Waals surface area contributed by atoms with Crippen LogP contribution in [0.5, 0.6) is 5.88 Å². The lowest BCUT2D eigenvalue weighted by Crippen LogP contribution is -2.29. The molecule has 1 saturated carbocycles. The van der Waals surface area contributed by atoms with Gasteiger partial charge in [-0.05, 0) is 68.0 Å². The molecule has 1 aromatic carbocycles. The number of nitrogen functional groups attached to an aromatic ring is 1. The van der Waals surface area contributed by atoms with E-state index >= 15 is 0 Å². The van der Waals surface area contributed by atoms with Gasteiger partial charge in [0.1, 0.15) is 16.7 Å². The molecule has 1 unspecified atom stereocenters. The van der Waals surface area contributed by atoms with Crippen molar-refractivity contribution < 1.29 is 31.1 Å². The van der Waals surface area contributed by atoms with Gasteiger partial charge in [0.25, 0.3) is 0 Å². The number of sulfone groups is 1. The number of hydrogen-bond acceptors (Lipinski definition) is 6. The number of benzene rings is 1. The molecular formula is C23H27ClF3N3O4S. The first-order valence-electron chi connectivity index (χ1n) is 11.1. The summed E-state index contributed by atoms with van der Waals surface area (Å²) in [7, 11) is -3.84. The summed E-state index contributed by atoms with van der Waals surface area (Å²) in [6, 6.07) is 4.76. The number of ether oxygens (including phenoxy) is 1. The molecule has 0 radical (unpaired) electrons. The summed E-state index contributed by atoms with van der Waals surface area (Å²) in [5.74, 6) is -2.63. The van der Waals surface area contributed by atoms with Crippen LogP contribution in [-0.2, 0) is 26.6 Å². The first kappa shape index (κ1) is 27.1. The average molecular weight is 534 g/mol. The molecule has 2 aromatic rings. The minimum Gasteiger partial charge on any atom is -0.474 e. The van der Waals surface area contributed by atoms with E-state index in [0.717, 1.165) is 50.5 Å². The summed E-state index contributed by atoms with van der Waals surface area (Å²) in [5, 5.41) is -1.03. The molecule has 1 heterocycles. The normalized spacial score (nSPS) is 16.1. The molecule has 1 aliphatic rings. The molecule has 1 aliphatic carbocycles. The van der Waals surface area contributed by atoms with E-state index in [1.807, 2.05) is 0 Å². The topological polar surface area (TPSA) is 111 Å². The number of carbonyl (C=O) groups excluding carboxylic acids is 1. The molecule has 35 heavy (non-hydrogen) atoms. The standard InChI is InChI=1S/C23H27ClF3N3O4S/c1-13(16-9-10-17(35(2,32)33)19(25)20(16)28)21(31)29-12-14-8-11-18(23(24,26)27)30-22(14)34-15-6-4-3-5-7-15/h8-11,13,15H,3-7,12,28H2,1-2H3,(H,29,31). The van der Waals surface area contributed by atoms with Gasteiger partial charge in [-0.2, -0.15) is 8.78 Å². The number of nitrogens with zero attached hydrogens (tertiary/aromatic N) is 1. The Morgan fingerprint density at radius 2 is 1.91 bits per heavy atom. The maximum absolute atomic E-state index is 14.5. The van der Waals surface area contributed by atoms with E-state index in [-0.39, 0.29) is 24.1 Å². The Kier molecular flexibility index (Phi) is 8.21. The predicted octanol–water partition coefficient (Wildman–Crippen LogP) is 4.63. The van der Waals surface area contributed by atoms with Gasteiger partial charge >= 0.3 is 5.38 Å². The van der Waals surface area contributed by atoms with Crippen molar-refractivity contribution in [2.24, 2.45) is 0 Å². The lowest BCUT2D eigenvalue weighted by Gasteiger charge is -2.24. The first-order chi connectivity index (χ1) is 16.3. The van der Waals surface area contributed by atoms with Gasteiger partial charge in [0.2, 0.25) is 11.8 Å². The van der Waals surface area contributed by atoms with E-state index in [1.165, 1.54) is 19.1 Å². The van der Waals surface area contributed by atoms with Gasteiger partial charge in [-0.15, -0.1) is 0 Å². The Morgan fingerprint density at radius 3 is 2.51 bits per heavy atom. The minimum absolute atomic E-state index is 0.0364. The zero-order valence-electron chi connectivity index (χ0n) is 19.3. The summed E-state index contributed by atoms with van der Waals surface area (Å²) in [5.41, 5.74) is 5.16. The molecule has 7 nitrogen and oxygen atoms in total. The molecule has 3 N–H and O–H groups in total. The number of aromatic nitrogens is 1. The van der Waals surface area contributed by atoms with Gasteiger partial charge in [-0.3, -0.25) is 4.79 Å². The monoisotopic (exact) mass is 533 g/mol. The molecule has 1 fully saturated rings. The lowest BCUT2D eigenvalue weighted by molar-refractivity contribution is -0.122. The van der Waals surface area contributed by atoms with Crippen LogP contribution < -0.4 is 15.8 Å². The minimum atomic E-state index is -3.84. The molecule has 1 atom stereocenters. The maximum atomic E-state index is 14.5. The van der Waals surface area contributed by atoms with Gasteiger partial charge in [0, 0.05) is 18.4 Å². The number of halogens is 4. The third kappa shape index (κ3) is 6.58. The number of nitrogens with two attached hydrogens (primary N) is 1. The van der Waals surface area contributed by atoms with Crippen molar-refractivity contribution in [1.29, 1.82) is 0 Å². The number of alkyl halides is 3. The van der Waals surface area contributed by atoms with Crippen LogP contribution in [-0.4, -0.2) is 31.7 Å². The third-order valence-electron chi connectivity index (χ3n) is 5.95. The number of pyridine rings is 1. The quantitative estimate of drug-likeness (QED) is 0.378. The van der Waals surface area contributed by atoms with Crippen molar-refractivity contribution in [1.82, 2.24) is 10.3 Å². The SMILES string of the molecule is CC(C(=O)NCc1ccc(C(F)(F)Cl)nc1OC1CCCCC1)c1ccc(S(C)(=O)=O)c(F)c1N. The van der Waals surface area contributed by atoms with Gasteiger partial charge in [-0.1, -0.05) is 12.5 Å². The van der Waals surface area contributed by atoms with Crippen LogP contribution in [0.15, 0.2) is 29.2 Å². The van der Waals surface area contributed by atoms with Crippen LogP contribution >= 0.6 is 11.6 Å². The lowest BCUT2D eigenvalue weighted by atomic mass is 9.97. The molecule has 0 bridgehead atoms. The Labute approximate surface area is 207 Å². The van der Waals surface area contributed by atoms with Crippen LogP contribution in [0.1, 0.15) is 61.8 Å². The second-order valence-corrected chi connectivity index (χ2v) is 11.1. The summed E-state index contributed by atoms with van der Waals surface area (Å²) >= 11 is 5.13. The highest BCUT2D eigenvalue weighted by Gasteiger charge is 2.31. The highest BCUT2D eigenvalue weighted by atomic mass is 35.5. The molecule has 192 valence electrons. The number of rotatable bonds is 8. The number of nitrogens with one attached hydrogen (secondary N) is 1. The van der Waals surface area contributed by atoms with E-state index in [0.29, 0.717) is 5.56 Å². The van der Waals surface area contributed by atoms with E-state index < -0.39 is 49.1 Å². The largest absolute Gasteiger partial charge is 0.474 e. The third-order valence-corrected chi connectivity index (χ3v) is 7.26. The fourth-order valence-corrected chi connectivity index (χ4v) is 4.79. The number of carbonyl (C=O) groups is 1. The van der Waals surface area contributed by atoms with Crippen molar-refractivity contribution >= 4 is 33.0 Å². The van der Waals surface area contributed by atoms with Crippen molar-refractivity contribution in [2.75, 3.05) is 12.0 Å². The highest BCUT2D eigenvalue weighted by molar-refractivity contribution is 7.90. The van der Waals surface area contributed by atoms with Gasteiger partial charge in [-0.25, -0.2) is 17.8 Å². The number of hydrogen-bond donors (Lipinski definition) is 2. The molecule has 1 amide bonds. The van der Waals surface area contributed by atoms with E-state index in [4.69, 9.17) is 22.1 Å². The Bertz CT molecular complexity index is 1200. The average Bonchev–Trinajstić information content (AvgIpc) is 2.78. The Hall–Kier alpha value is -2.53. The van der Waals surface area contributed by atoms with E-state index in [9.17, 15) is 26.4 Å². The Morgan fingerprint density at radius 1 is 1.26 bits per heavy atom. The molecular weight excluding hydrogens is 507 g/mol. The molecule has 0 aliphatic heterocycles. The first-order valence-corrected chi connectivity index (χ1v) is 13.4. The van der Waals surface area contributed by atoms with Crippen LogP contribution in [0.2, 0.25) is 0 Å². The molecule has 12 heteroatoms. The van der Waals surface area contributed by atoms with Crippen molar-refractivity contribution in [3.05, 3.63) is 46.9 Å². The van der Waals surface area contributed by atoms with Gasteiger partial charge in [0.15, 0.2) is 15.7 Å². The summed E-state index contributed by atoms with van der Waals surface area (Å²) < 4.78 is 71.0. The molecule has 0 spiro atoms. The zero-order valence-corrected chi connectivity index (χ0v) is 20.9. The van der Waals surface area contributed by atoms with Crippen LogP contribution in [0, 0.1) is 5.82 Å². The summed E-state index contributed by atoms with van der Waals surface area (Å²) in [6.45, 7) is 1.38. The summed E-state index contributed by atoms with van der Waals surface area (Å²) in [4.78, 5) is 16.1. The van der Waals surface area contributed by atoms with Crippen LogP contribution in [0.25, 0.3) is 0 Å². The van der Waals surface area contributed by atoms with Gasteiger partial charge < -0.3 is 15.8 Å². The summed E-state index contributed by atoms with van der Waals surface area (Å²) in [6.07, 6.45) is 5.18. The molecule has 1 aromatic heterocycles. The zero-order chi connectivity index (χ0) is 26.0. The van der Waals surface area contributed by atoms with Crippen molar-refractivity contribution in [3.63, 3.8) is 0 Å². The van der Waals surface area contributed by atoms with Crippen LogP contribution in [0.4, 0.5) is 18.9 Å². The number of amides is 1. The smallest absolute Gasteiger partial charge is 0.364 e. The maximum Gasteiger partial charge on any atom is 0.364 e. The number of anilines is 1.